The highest BCUT2D eigenvalue weighted by atomic mass is 32.1. The Morgan fingerprint density at radius 3 is 3.07 bits per heavy atom. The monoisotopic (exact) mass is 211 g/mol. The van der Waals surface area contributed by atoms with Gasteiger partial charge in [0, 0.05) is 24.6 Å². The molecule has 78 valence electrons. The zero-order valence-corrected chi connectivity index (χ0v) is 9.68. The third-order valence-corrected chi connectivity index (χ3v) is 3.75. The summed E-state index contributed by atoms with van der Waals surface area (Å²) in [6.07, 6.45) is 3.97. The summed E-state index contributed by atoms with van der Waals surface area (Å²) in [5.41, 5.74) is 0. The Morgan fingerprint density at radius 1 is 1.57 bits per heavy atom. The lowest BCUT2D eigenvalue weighted by Gasteiger charge is -2.31. The molecule has 1 aromatic rings. The van der Waals surface area contributed by atoms with Gasteiger partial charge >= 0.3 is 0 Å². The van der Waals surface area contributed by atoms with Crippen LogP contribution in [0.2, 0.25) is 0 Å². The average molecular weight is 211 g/mol. The minimum atomic E-state index is 0.855. The fourth-order valence-corrected chi connectivity index (χ4v) is 2.70. The molecule has 0 radical (unpaired) electrons. The van der Waals surface area contributed by atoms with E-state index >= 15 is 0 Å². The minimum absolute atomic E-state index is 0.855. The molecule has 0 aliphatic carbocycles. The molecule has 0 spiro atoms. The molecule has 3 nitrogen and oxygen atoms in total. The Labute approximate surface area is 89.3 Å². The van der Waals surface area contributed by atoms with Gasteiger partial charge in [-0.25, -0.2) is 4.98 Å². The lowest BCUT2D eigenvalue weighted by molar-refractivity contribution is 0.404. The molecule has 1 atom stereocenters. The Bertz CT molecular complexity index is 297. The number of hydrogen-bond acceptors (Lipinski definition) is 4. The second kappa shape index (κ2) is 4.26. The van der Waals surface area contributed by atoms with Gasteiger partial charge in [0.15, 0.2) is 0 Å². The number of anilines is 1. The minimum Gasteiger partial charge on any atom is -0.347 e. The summed E-state index contributed by atoms with van der Waals surface area (Å²) >= 11 is 1.53. The fourth-order valence-electron chi connectivity index (χ4n) is 1.99. The molecule has 0 bridgehead atoms. The number of rotatable bonds is 2. The molecule has 1 aromatic heterocycles. The highest BCUT2D eigenvalue weighted by Gasteiger charge is 2.20. The molecule has 4 heteroatoms. The van der Waals surface area contributed by atoms with E-state index in [9.17, 15) is 0 Å². The van der Waals surface area contributed by atoms with E-state index in [2.05, 4.69) is 21.2 Å². The molecule has 0 aromatic carbocycles. The van der Waals surface area contributed by atoms with Crippen LogP contribution in [0.1, 0.15) is 32.0 Å². The molecule has 2 heterocycles. The van der Waals surface area contributed by atoms with Crippen molar-refractivity contribution < 1.29 is 0 Å². The van der Waals surface area contributed by atoms with Crippen LogP contribution in [0.25, 0.3) is 0 Å². The molecule has 1 aliphatic rings. The molecule has 1 aliphatic heterocycles. The van der Waals surface area contributed by atoms with Crippen LogP contribution < -0.4 is 4.90 Å². The van der Waals surface area contributed by atoms with Gasteiger partial charge in [-0.15, -0.1) is 0 Å². The van der Waals surface area contributed by atoms with Crippen LogP contribution in [0.3, 0.4) is 0 Å². The molecule has 2 rings (SSSR count). The van der Waals surface area contributed by atoms with E-state index in [0.29, 0.717) is 0 Å². The zero-order valence-electron chi connectivity index (χ0n) is 8.86. The lowest BCUT2D eigenvalue weighted by Crippen LogP contribution is -2.35. The van der Waals surface area contributed by atoms with Crippen LogP contribution in [-0.2, 0) is 0 Å². The topological polar surface area (TPSA) is 29.0 Å². The Balaban J connectivity index is 2.04. The van der Waals surface area contributed by atoms with E-state index in [4.69, 9.17) is 0 Å². The summed E-state index contributed by atoms with van der Waals surface area (Å²) in [6, 6.07) is 0. The van der Waals surface area contributed by atoms with Crippen LogP contribution >= 0.6 is 11.5 Å². The summed E-state index contributed by atoms with van der Waals surface area (Å²) in [5, 5.41) is 1.11. The molecule has 0 unspecified atom stereocenters. The van der Waals surface area contributed by atoms with E-state index in [1.165, 1.54) is 37.3 Å². The number of aromatic nitrogens is 2. The maximum absolute atomic E-state index is 4.44. The van der Waals surface area contributed by atoms with E-state index in [0.717, 1.165) is 23.4 Å². The third kappa shape index (κ3) is 2.05. The van der Waals surface area contributed by atoms with E-state index in [1.807, 2.05) is 6.92 Å². The Kier molecular flexibility index (Phi) is 3.01. The van der Waals surface area contributed by atoms with Crippen molar-refractivity contribution in [2.75, 3.05) is 18.0 Å². The first-order valence-electron chi connectivity index (χ1n) is 5.35. The second-order valence-corrected chi connectivity index (χ2v) is 4.72. The summed E-state index contributed by atoms with van der Waals surface area (Å²) in [5.74, 6) is 1.76. The number of hydrogen-bond donors (Lipinski definition) is 0. The van der Waals surface area contributed by atoms with E-state index in [1.54, 1.807) is 0 Å². The molecular weight excluding hydrogens is 194 g/mol. The van der Waals surface area contributed by atoms with Crippen LogP contribution in [-0.4, -0.2) is 22.4 Å². The summed E-state index contributed by atoms with van der Waals surface area (Å²) in [7, 11) is 0. The first kappa shape index (κ1) is 9.90. The predicted molar refractivity (Wildman–Crippen MR) is 59.9 cm³/mol. The first-order chi connectivity index (χ1) is 6.79. The van der Waals surface area contributed by atoms with Gasteiger partial charge in [0.2, 0.25) is 5.13 Å². The third-order valence-electron chi connectivity index (χ3n) is 2.88. The maximum Gasteiger partial charge on any atom is 0.205 e. The van der Waals surface area contributed by atoms with Crippen LogP contribution in [0.4, 0.5) is 5.13 Å². The SMILES string of the molecule is CC[C@@H]1CCCN(c2nc(C)ns2)C1. The average Bonchev–Trinajstić information content (AvgIpc) is 2.65. The summed E-state index contributed by atoms with van der Waals surface area (Å²) in [4.78, 5) is 6.83. The maximum atomic E-state index is 4.44. The Hall–Kier alpha value is -0.640. The zero-order chi connectivity index (χ0) is 9.97. The smallest absolute Gasteiger partial charge is 0.205 e. The van der Waals surface area contributed by atoms with Gasteiger partial charge in [0.05, 0.1) is 0 Å². The quantitative estimate of drug-likeness (QED) is 0.752. The molecule has 0 amide bonds. The van der Waals surface area contributed by atoms with Gasteiger partial charge in [-0.3, -0.25) is 0 Å². The van der Waals surface area contributed by atoms with E-state index in [-0.39, 0.29) is 0 Å². The molecule has 14 heavy (non-hydrogen) atoms. The highest BCUT2D eigenvalue weighted by molar-refractivity contribution is 7.09. The van der Waals surface area contributed by atoms with Crippen molar-refractivity contribution in [2.45, 2.75) is 33.1 Å². The van der Waals surface area contributed by atoms with Crippen molar-refractivity contribution in [1.82, 2.24) is 9.36 Å². The molecule has 0 saturated carbocycles. The molecular formula is C10H17N3S. The van der Waals surface area contributed by atoms with Crippen molar-refractivity contribution in [1.29, 1.82) is 0 Å². The van der Waals surface area contributed by atoms with Crippen molar-refractivity contribution in [2.24, 2.45) is 5.92 Å². The number of aryl methyl sites for hydroxylation is 1. The number of piperidine rings is 1. The van der Waals surface area contributed by atoms with Crippen molar-refractivity contribution >= 4 is 16.7 Å². The van der Waals surface area contributed by atoms with E-state index < -0.39 is 0 Å². The highest BCUT2D eigenvalue weighted by Crippen LogP contribution is 2.25. The fraction of sp³-hybridized carbons (Fsp3) is 0.800. The first-order valence-corrected chi connectivity index (χ1v) is 6.12. The lowest BCUT2D eigenvalue weighted by atomic mass is 9.96. The van der Waals surface area contributed by atoms with Crippen LogP contribution in [0.15, 0.2) is 0 Å². The summed E-state index contributed by atoms with van der Waals surface area (Å²) < 4.78 is 4.23. The predicted octanol–water partition coefficient (Wildman–Crippen LogP) is 2.47. The van der Waals surface area contributed by atoms with Gasteiger partial charge in [-0.05, 0) is 25.7 Å². The van der Waals surface area contributed by atoms with Crippen molar-refractivity contribution in [3.63, 3.8) is 0 Å². The van der Waals surface area contributed by atoms with Crippen LogP contribution in [0, 0.1) is 12.8 Å². The normalized spacial score (nSPS) is 22.7. The largest absolute Gasteiger partial charge is 0.347 e. The van der Waals surface area contributed by atoms with Crippen molar-refractivity contribution in [3.05, 3.63) is 5.82 Å². The standard InChI is InChI=1S/C10H17N3S/c1-3-9-5-4-6-13(7-9)10-11-8(2)12-14-10/h9H,3-7H2,1-2H3/t9-/m1/s1. The van der Waals surface area contributed by atoms with Gasteiger partial charge in [0.1, 0.15) is 5.82 Å². The second-order valence-electron chi connectivity index (χ2n) is 3.99. The van der Waals surface area contributed by atoms with Crippen molar-refractivity contribution in [3.8, 4) is 0 Å². The van der Waals surface area contributed by atoms with Gasteiger partial charge in [-0.1, -0.05) is 13.3 Å². The molecule has 1 saturated heterocycles. The summed E-state index contributed by atoms with van der Waals surface area (Å²) in [6.45, 7) is 6.57. The molecule has 1 fully saturated rings. The van der Waals surface area contributed by atoms with Gasteiger partial charge < -0.3 is 4.90 Å². The Morgan fingerprint density at radius 2 is 2.43 bits per heavy atom. The molecule has 0 N–H and O–H groups in total. The van der Waals surface area contributed by atoms with Crippen LogP contribution in [0.5, 0.6) is 0 Å². The van der Waals surface area contributed by atoms with Gasteiger partial charge in [-0.2, -0.15) is 4.37 Å². The van der Waals surface area contributed by atoms with Gasteiger partial charge in [0.25, 0.3) is 0 Å². The number of nitrogens with zero attached hydrogens (tertiary/aromatic N) is 3.